The molecule has 1 rings (SSSR count). The number of benzene rings is 1. The van der Waals surface area contributed by atoms with Crippen molar-refractivity contribution < 1.29 is 23.7 Å². The van der Waals surface area contributed by atoms with E-state index >= 15 is 0 Å². The highest BCUT2D eigenvalue weighted by atomic mass is 16.6. The Kier molecular flexibility index (Phi) is 9.48. The van der Waals surface area contributed by atoms with Crippen LogP contribution in [0.1, 0.15) is 17.3 Å². The summed E-state index contributed by atoms with van der Waals surface area (Å²) in [4.78, 5) is 11.6. The van der Waals surface area contributed by atoms with Gasteiger partial charge in [-0.1, -0.05) is 18.2 Å². The molecule has 0 saturated carbocycles. The van der Waals surface area contributed by atoms with Gasteiger partial charge in [-0.05, 0) is 19.1 Å². The van der Waals surface area contributed by atoms with E-state index in [0.29, 0.717) is 45.2 Å². The van der Waals surface area contributed by atoms with Gasteiger partial charge in [-0.15, -0.1) is 0 Å². The van der Waals surface area contributed by atoms with Gasteiger partial charge in [-0.3, -0.25) is 0 Å². The van der Waals surface area contributed by atoms with E-state index in [1.165, 1.54) is 0 Å². The average molecular weight is 282 g/mol. The van der Waals surface area contributed by atoms with E-state index < -0.39 is 0 Å². The van der Waals surface area contributed by atoms with Crippen LogP contribution in [0.5, 0.6) is 0 Å². The molecule has 0 aromatic heterocycles. The predicted octanol–water partition coefficient (Wildman–Crippen LogP) is 1.91. The number of esters is 1. The largest absolute Gasteiger partial charge is 0.460 e. The van der Waals surface area contributed by atoms with Crippen molar-refractivity contribution in [3.8, 4) is 0 Å². The molecule has 0 radical (unpaired) electrons. The van der Waals surface area contributed by atoms with Crippen LogP contribution in [0.4, 0.5) is 0 Å². The van der Waals surface area contributed by atoms with Crippen LogP contribution in [0.15, 0.2) is 30.3 Å². The predicted molar refractivity (Wildman–Crippen MR) is 74.9 cm³/mol. The van der Waals surface area contributed by atoms with E-state index in [2.05, 4.69) is 0 Å². The molecule has 0 atom stereocenters. The summed E-state index contributed by atoms with van der Waals surface area (Å²) in [7, 11) is 0. The summed E-state index contributed by atoms with van der Waals surface area (Å²) in [6.45, 7) is 5.42. The molecule has 0 amide bonds. The Hall–Kier alpha value is -1.43. The van der Waals surface area contributed by atoms with Crippen LogP contribution in [-0.4, -0.2) is 52.2 Å². The summed E-state index contributed by atoms with van der Waals surface area (Å²) in [6.07, 6.45) is 0. The third-order valence-corrected chi connectivity index (χ3v) is 2.42. The number of carbonyl (C=O) groups excluding carboxylic acids is 1. The number of hydrogen-bond donors (Lipinski definition) is 0. The van der Waals surface area contributed by atoms with E-state index in [1.54, 1.807) is 24.3 Å². The smallest absolute Gasteiger partial charge is 0.338 e. The fourth-order valence-electron chi connectivity index (χ4n) is 1.44. The average Bonchev–Trinajstić information content (AvgIpc) is 2.50. The third-order valence-electron chi connectivity index (χ3n) is 2.42. The van der Waals surface area contributed by atoms with E-state index in [9.17, 15) is 4.79 Å². The molecule has 0 aliphatic heterocycles. The van der Waals surface area contributed by atoms with Crippen molar-refractivity contribution in [2.75, 3.05) is 46.2 Å². The van der Waals surface area contributed by atoms with Crippen LogP contribution >= 0.6 is 0 Å². The van der Waals surface area contributed by atoms with Crippen LogP contribution in [0.3, 0.4) is 0 Å². The minimum Gasteiger partial charge on any atom is -0.460 e. The van der Waals surface area contributed by atoms with Crippen LogP contribution < -0.4 is 0 Å². The molecule has 0 aliphatic rings. The number of rotatable bonds is 11. The normalized spacial score (nSPS) is 10.4. The number of ether oxygens (including phenoxy) is 4. The van der Waals surface area contributed by atoms with Crippen molar-refractivity contribution in [1.82, 2.24) is 0 Å². The fraction of sp³-hybridized carbons (Fsp3) is 0.533. The SMILES string of the molecule is CCOCCOCCOCCOC(=O)c1ccccc1. The Bertz CT molecular complexity index is 353. The highest BCUT2D eigenvalue weighted by Crippen LogP contribution is 2.00. The second kappa shape index (κ2) is 11.4. The highest BCUT2D eigenvalue weighted by Gasteiger charge is 2.04. The van der Waals surface area contributed by atoms with Crippen LogP contribution in [-0.2, 0) is 18.9 Å². The molecule has 0 spiro atoms. The second-order valence-electron chi connectivity index (χ2n) is 3.92. The zero-order valence-corrected chi connectivity index (χ0v) is 11.9. The van der Waals surface area contributed by atoms with Gasteiger partial charge < -0.3 is 18.9 Å². The molecule has 0 fully saturated rings. The van der Waals surface area contributed by atoms with Crippen molar-refractivity contribution >= 4 is 5.97 Å². The van der Waals surface area contributed by atoms with Crippen molar-refractivity contribution in [2.45, 2.75) is 6.92 Å². The summed E-state index contributed by atoms with van der Waals surface area (Å²) < 4.78 is 20.7. The Morgan fingerprint density at radius 1 is 0.850 bits per heavy atom. The number of hydrogen-bond acceptors (Lipinski definition) is 5. The quantitative estimate of drug-likeness (QED) is 0.458. The molecule has 1 aromatic carbocycles. The first-order chi connectivity index (χ1) is 9.84. The molecular formula is C15H22O5. The van der Waals surface area contributed by atoms with E-state index in [-0.39, 0.29) is 12.6 Å². The van der Waals surface area contributed by atoms with Gasteiger partial charge in [0.05, 0.1) is 38.6 Å². The Balaban J connectivity index is 1.91. The molecule has 20 heavy (non-hydrogen) atoms. The van der Waals surface area contributed by atoms with Gasteiger partial charge >= 0.3 is 5.97 Å². The summed E-state index contributed by atoms with van der Waals surface area (Å²) in [5, 5.41) is 0. The standard InChI is InChI=1S/C15H22O5/c1-2-17-8-9-18-10-11-19-12-13-20-15(16)14-6-4-3-5-7-14/h3-7H,2,8-13H2,1H3. The maximum atomic E-state index is 11.6. The lowest BCUT2D eigenvalue weighted by molar-refractivity contribution is 0.00180. The summed E-state index contributed by atoms with van der Waals surface area (Å²) >= 11 is 0. The van der Waals surface area contributed by atoms with Gasteiger partial charge in [-0.25, -0.2) is 4.79 Å². The molecule has 0 heterocycles. The van der Waals surface area contributed by atoms with Gasteiger partial charge in [0.15, 0.2) is 0 Å². The van der Waals surface area contributed by atoms with Crippen molar-refractivity contribution in [3.05, 3.63) is 35.9 Å². The molecule has 0 unspecified atom stereocenters. The summed E-state index contributed by atoms with van der Waals surface area (Å²) in [5.74, 6) is -0.331. The molecular weight excluding hydrogens is 260 g/mol. The lowest BCUT2D eigenvalue weighted by Gasteiger charge is -2.07. The van der Waals surface area contributed by atoms with Crippen LogP contribution in [0, 0.1) is 0 Å². The lowest BCUT2D eigenvalue weighted by Crippen LogP contribution is -2.14. The zero-order chi connectivity index (χ0) is 14.5. The molecule has 0 saturated heterocycles. The Morgan fingerprint density at radius 3 is 2.00 bits per heavy atom. The molecule has 112 valence electrons. The summed E-state index contributed by atoms with van der Waals surface area (Å²) in [6, 6.07) is 8.88. The van der Waals surface area contributed by atoms with E-state index in [4.69, 9.17) is 18.9 Å². The molecule has 0 aliphatic carbocycles. The van der Waals surface area contributed by atoms with Crippen molar-refractivity contribution in [1.29, 1.82) is 0 Å². The first kappa shape index (κ1) is 16.6. The highest BCUT2D eigenvalue weighted by molar-refractivity contribution is 5.89. The van der Waals surface area contributed by atoms with Crippen LogP contribution in [0.2, 0.25) is 0 Å². The Labute approximate surface area is 119 Å². The number of carbonyl (C=O) groups is 1. The topological polar surface area (TPSA) is 54.0 Å². The van der Waals surface area contributed by atoms with Crippen molar-refractivity contribution in [3.63, 3.8) is 0 Å². The third kappa shape index (κ3) is 7.89. The fourth-order valence-corrected chi connectivity index (χ4v) is 1.44. The minimum atomic E-state index is -0.331. The van der Waals surface area contributed by atoms with Gasteiger partial charge in [0.1, 0.15) is 6.61 Å². The first-order valence-electron chi connectivity index (χ1n) is 6.80. The van der Waals surface area contributed by atoms with Gasteiger partial charge in [-0.2, -0.15) is 0 Å². The molecule has 5 heteroatoms. The Morgan fingerprint density at radius 2 is 1.40 bits per heavy atom. The maximum absolute atomic E-state index is 11.6. The van der Waals surface area contributed by atoms with Gasteiger partial charge in [0, 0.05) is 6.61 Å². The van der Waals surface area contributed by atoms with Gasteiger partial charge in [0.2, 0.25) is 0 Å². The van der Waals surface area contributed by atoms with Crippen molar-refractivity contribution in [2.24, 2.45) is 0 Å². The van der Waals surface area contributed by atoms with E-state index in [0.717, 1.165) is 0 Å². The summed E-state index contributed by atoms with van der Waals surface area (Å²) in [5.41, 5.74) is 0.548. The van der Waals surface area contributed by atoms with Crippen LogP contribution in [0.25, 0.3) is 0 Å². The molecule has 5 nitrogen and oxygen atoms in total. The monoisotopic (exact) mass is 282 g/mol. The second-order valence-corrected chi connectivity index (χ2v) is 3.92. The first-order valence-corrected chi connectivity index (χ1v) is 6.80. The molecule has 0 N–H and O–H groups in total. The maximum Gasteiger partial charge on any atom is 0.338 e. The lowest BCUT2D eigenvalue weighted by atomic mass is 10.2. The van der Waals surface area contributed by atoms with Gasteiger partial charge in [0.25, 0.3) is 0 Å². The minimum absolute atomic E-state index is 0.243. The van der Waals surface area contributed by atoms with E-state index in [1.807, 2.05) is 13.0 Å². The molecule has 0 bridgehead atoms. The molecule has 1 aromatic rings. The zero-order valence-electron chi connectivity index (χ0n) is 11.9.